The highest BCUT2D eigenvalue weighted by molar-refractivity contribution is 7.11. The van der Waals surface area contributed by atoms with Crippen LogP contribution in [0.4, 0.5) is 5.82 Å². The molecule has 0 aliphatic carbocycles. The molecule has 0 fully saturated rings. The van der Waals surface area contributed by atoms with Gasteiger partial charge >= 0.3 is 0 Å². The summed E-state index contributed by atoms with van der Waals surface area (Å²) in [6.45, 7) is 4.82. The maximum atomic E-state index is 4.52. The highest BCUT2D eigenvalue weighted by atomic mass is 32.1. The number of fused-ring (bicyclic) bond motifs is 1. The fourth-order valence-electron chi connectivity index (χ4n) is 2.05. The van der Waals surface area contributed by atoms with E-state index < -0.39 is 0 Å². The van der Waals surface area contributed by atoms with E-state index in [-0.39, 0.29) is 0 Å². The van der Waals surface area contributed by atoms with Crippen LogP contribution >= 0.6 is 11.3 Å². The summed E-state index contributed by atoms with van der Waals surface area (Å²) in [4.78, 5) is 14.3. The molecule has 3 rings (SSSR count). The first-order chi connectivity index (χ1) is 9.24. The molecule has 0 unspecified atom stereocenters. The summed E-state index contributed by atoms with van der Waals surface area (Å²) in [5.41, 5.74) is 2.04. The molecule has 1 N–H and O–H groups in total. The minimum atomic E-state index is 0.692. The molecule has 3 aromatic rings. The number of nitrogens with one attached hydrogen (secondary N) is 1. The van der Waals surface area contributed by atoms with Crippen molar-refractivity contribution in [2.45, 2.75) is 20.4 Å². The van der Waals surface area contributed by atoms with Crippen molar-refractivity contribution in [2.75, 3.05) is 5.32 Å². The highest BCUT2D eigenvalue weighted by Gasteiger charge is 2.06. The molecule has 19 heavy (non-hydrogen) atoms. The Labute approximate surface area is 115 Å². The van der Waals surface area contributed by atoms with Crippen molar-refractivity contribution in [3.8, 4) is 0 Å². The zero-order chi connectivity index (χ0) is 13.2. The van der Waals surface area contributed by atoms with E-state index in [0.29, 0.717) is 6.54 Å². The predicted octanol–water partition coefficient (Wildman–Crippen LogP) is 3.32. The van der Waals surface area contributed by atoms with Gasteiger partial charge in [0.1, 0.15) is 12.1 Å². The molecule has 0 saturated heterocycles. The smallest absolute Gasteiger partial charge is 0.137 e. The van der Waals surface area contributed by atoms with Crippen molar-refractivity contribution in [3.63, 3.8) is 0 Å². The number of benzene rings is 1. The van der Waals surface area contributed by atoms with Crippen LogP contribution in [0.3, 0.4) is 0 Å². The second kappa shape index (κ2) is 4.93. The van der Waals surface area contributed by atoms with Crippen molar-refractivity contribution < 1.29 is 0 Å². The van der Waals surface area contributed by atoms with E-state index in [0.717, 1.165) is 27.4 Å². The maximum Gasteiger partial charge on any atom is 0.137 e. The van der Waals surface area contributed by atoms with Gasteiger partial charge in [0, 0.05) is 10.3 Å². The van der Waals surface area contributed by atoms with Gasteiger partial charge in [0.2, 0.25) is 0 Å². The quantitative estimate of drug-likeness (QED) is 0.793. The lowest BCUT2D eigenvalue weighted by Gasteiger charge is -2.07. The van der Waals surface area contributed by atoms with E-state index in [4.69, 9.17) is 0 Å². The van der Waals surface area contributed by atoms with Crippen LogP contribution in [0.1, 0.15) is 15.6 Å². The minimum absolute atomic E-state index is 0.692. The molecule has 96 valence electrons. The fourth-order valence-corrected chi connectivity index (χ4v) is 2.88. The molecule has 0 aliphatic rings. The molecule has 2 heterocycles. The molecule has 4 nitrogen and oxygen atoms in total. The SMILES string of the molecule is Cc1nc(CNc2ncnc3ccccc23)c(C)s1. The molecule has 0 atom stereocenters. The summed E-state index contributed by atoms with van der Waals surface area (Å²) in [5, 5.41) is 5.49. The second-order valence-electron chi connectivity index (χ2n) is 4.33. The predicted molar refractivity (Wildman–Crippen MR) is 78.5 cm³/mol. The van der Waals surface area contributed by atoms with Gasteiger partial charge in [0.25, 0.3) is 0 Å². The molecular weight excluding hydrogens is 256 g/mol. The van der Waals surface area contributed by atoms with E-state index >= 15 is 0 Å². The summed E-state index contributed by atoms with van der Waals surface area (Å²) in [6, 6.07) is 7.99. The zero-order valence-electron chi connectivity index (χ0n) is 10.8. The number of nitrogens with zero attached hydrogens (tertiary/aromatic N) is 3. The highest BCUT2D eigenvalue weighted by Crippen LogP contribution is 2.21. The van der Waals surface area contributed by atoms with Crippen LogP contribution in [-0.2, 0) is 6.54 Å². The van der Waals surface area contributed by atoms with Gasteiger partial charge in [0.15, 0.2) is 0 Å². The van der Waals surface area contributed by atoms with Crippen LogP contribution in [0.25, 0.3) is 10.9 Å². The van der Waals surface area contributed by atoms with Gasteiger partial charge in [-0.25, -0.2) is 15.0 Å². The Morgan fingerprint density at radius 1 is 1.16 bits per heavy atom. The summed E-state index contributed by atoms with van der Waals surface area (Å²) in [7, 11) is 0. The molecule has 0 amide bonds. The summed E-state index contributed by atoms with van der Waals surface area (Å²) in [6.07, 6.45) is 1.59. The van der Waals surface area contributed by atoms with Crippen molar-refractivity contribution >= 4 is 28.1 Å². The Bertz CT molecular complexity index is 715. The minimum Gasteiger partial charge on any atom is -0.364 e. The zero-order valence-corrected chi connectivity index (χ0v) is 11.7. The molecule has 5 heteroatoms. The fraction of sp³-hybridized carbons (Fsp3) is 0.214. The Morgan fingerprint density at radius 3 is 2.79 bits per heavy atom. The number of aryl methyl sites for hydroxylation is 2. The number of aromatic nitrogens is 3. The average molecular weight is 270 g/mol. The standard InChI is InChI=1S/C14H14N4S/c1-9-13(18-10(2)19-9)7-15-14-11-5-3-4-6-12(11)16-8-17-14/h3-6,8H,7H2,1-2H3,(H,15,16,17). The summed E-state index contributed by atoms with van der Waals surface area (Å²) in [5.74, 6) is 0.857. The third-order valence-electron chi connectivity index (χ3n) is 2.97. The largest absolute Gasteiger partial charge is 0.364 e. The normalized spacial score (nSPS) is 10.8. The van der Waals surface area contributed by atoms with Gasteiger partial charge in [0.05, 0.1) is 22.8 Å². The molecule has 0 radical (unpaired) electrons. The third-order valence-corrected chi connectivity index (χ3v) is 3.89. The molecule has 1 aromatic carbocycles. The number of hydrogen-bond donors (Lipinski definition) is 1. The molecule has 0 saturated carbocycles. The van der Waals surface area contributed by atoms with Crippen molar-refractivity contribution in [2.24, 2.45) is 0 Å². The van der Waals surface area contributed by atoms with Gasteiger partial charge in [-0.3, -0.25) is 0 Å². The topological polar surface area (TPSA) is 50.7 Å². The average Bonchev–Trinajstić information content (AvgIpc) is 2.74. The molecule has 0 bridgehead atoms. The monoisotopic (exact) mass is 270 g/mol. The lowest BCUT2D eigenvalue weighted by atomic mass is 10.2. The lowest BCUT2D eigenvalue weighted by molar-refractivity contribution is 1.02. The van der Waals surface area contributed by atoms with E-state index in [1.54, 1.807) is 17.7 Å². The molecule has 2 aromatic heterocycles. The van der Waals surface area contributed by atoms with Crippen LogP contribution in [-0.4, -0.2) is 15.0 Å². The van der Waals surface area contributed by atoms with E-state index in [1.165, 1.54) is 4.88 Å². The first-order valence-electron chi connectivity index (χ1n) is 6.10. The Balaban J connectivity index is 1.88. The van der Waals surface area contributed by atoms with Crippen LogP contribution < -0.4 is 5.32 Å². The van der Waals surface area contributed by atoms with Crippen LogP contribution in [0.2, 0.25) is 0 Å². The Morgan fingerprint density at radius 2 is 2.00 bits per heavy atom. The van der Waals surface area contributed by atoms with Gasteiger partial charge in [-0.2, -0.15) is 0 Å². The van der Waals surface area contributed by atoms with Gasteiger partial charge < -0.3 is 5.32 Å². The van der Waals surface area contributed by atoms with Crippen LogP contribution in [0.15, 0.2) is 30.6 Å². The Kier molecular flexibility index (Phi) is 3.13. The van der Waals surface area contributed by atoms with Crippen molar-refractivity contribution in [1.29, 1.82) is 0 Å². The number of thiazole rings is 1. The van der Waals surface area contributed by atoms with Crippen LogP contribution in [0.5, 0.6) is 0 Å². The number of hydrogen-bond acceptors (Lipinski definition) is 5. The summed E-state index contributed by atoms with van der Waals surface area (Å²) < 4.78 is 0. The number of rotatable bonds is 3. The first-order valence-corrected chi connectivity index (χ1v) is 6.92. The molecular formula is C14H14N4S. The van der Waals surface area contributed by atoms with Gasteiger partial charge in [-0.15, -0.1) is 11.3 Å². The van der Waals surface area contributed by atoms with Crippen molar-refractivity contribution in [1.82, 2.24) is 15.0 Å². The van der Waals surface area contributed by atoms with Crippen LogP contribution in [0, 0.1) is 13.8 Å². The first kappa shape index (κ1) is 12.0. The number of para-hydroxylation sites is 1. The van der Waals surface area contributed by atoms with E-state index in [2.05, 4.69) is 27.2 Å². The second-order valence-corrected chi connectivity index (χ2v) is 5.74. The number of anilines is 1. The Hall–Kier alpha value is -2.01. The van der Waals surface area contributed by atoms with E-state index in [1.807, 2.05) is 31.2 Å². The van der Waals surface area contributed by atoms with E-state index in [9.17, 15) is 0 Å². The van der Waals surface area contributed by atoms with Gasteiger partial charge in [-0.05, 0) is 26.0 Å². The third kappa shape index (κ3) is 2.42. The maximum absolute atomic E-state index is 4.52. The lowest BCUT2D eigenvalue weighted by Crippen LogP contribution is -2.03. The van der Waals surface area contributed by atoms with Gasteiger partial charge in [-0.1, -0.05) is 12.1 Å². The molecule has 0 aliphatic heterocycles. The molecule has 0 spiro atoms. The van der Waals surface area contributed by atoms with Crippen molar-refractivity contribution in [3.05, 3.63) is 46.2 Å². The summed E-state index contributed by atoms with van der Waals surface area (Å²) >= 11 is 1.72.